The molecule has 0 atom stereocenters. The number of aryl methyl sites for hydroxylation is 2. The first-order valence-corrected chi connectivity index (χ1v) is 14.2. The van der Waals surface area contributed by atoms with Gasteiger partial charge in [0.1, 0.15) is 0 Å². The van der Waals surface area contributed by atoms with Crippen LogP contribution in [0.5, 0.6) is 0 Å². The molecular weight excluding hydrogens is 454 g/mol. The van der Waals surface area contributed by atoms with Crippen LogP contribution in [0.4, 0.5) is 5.69 Å². The Morgan fingerprint density at radius 1 is 0.853 bits per heavy atom. The van der Waals surface area contributed by atoms with Crippen LogP contribution in [0.15, 0.2) is 77.7 Å². The summed E-state index contributed by atoms with van der Waals surface area (Å²) in [7, 11) is 0. The number of nitrogens with zero attached hydrogens (tertiary/aromatic N) is 1. The molecule has 0 saturated heterocycles. The predicted octanol–water partition coefficient (Wildman–Crippen LogP) is 8.51. The van der Waals surface area contributed by atoms with Gasteiger partial charge in [-0.25, -0.2) is 0 Å². The van der Waals surface area contributed by atoms with Gasteiger partial charge in [-0.1, -0.05) is 86.0 Å². The summed E-state index contributed by atoms with van der Waals surface area (Å²) in [5.41, 5.74) is 5.95. The van der Waals surface area contributed by atoms with E-state index in [0.717, 1.165) is 18.5 Å². The van der Waals surface area contributed by atoms with Crippen molar-refractivity contribution in [1.29, 1.82) is 0 Å². The van der Waals surface area contributed by atoms with Crippen LogP contribution in [0, 0.1) is 13.8 Å². The summed E-state index contributed by atoms with van der Waals surface area (Å²) >= 11 is 3.86. The molecule has 0 bridgehead atoms. The molecule has 4 heteroatoms. The van der Waals surface area contributed by atoms with Crippen molar-refractivity contribution in [2.75, 3.05) is 17.2 Å². The fourth-order valence-electron chi connectivity index (χ4n) is 4.94. The van der Waals surface area contributed by atoms with E-state index in [9.17, 15) is 4.79 Å². The molecule has 0 N–H and O–H groups in total. The smallest absolute Gasteiger partial charge is 0.237 e. The maximum absolute atomic E-state index is 13.5. The van der Waals surface area contributed by atoms with Crippen LogP contribution >= 0.6 is 23.5 Å². The molecule has 1 saturated carbocycles. The Hall–Kier alpha value is -2.17. The summed E-state index contributed by atoms with van der Waals surface area (Å²) < 4.78 is 0.0407. The number of anilines is 1. The van der Waals surface area contributed by atoms with Crippen LogP contribution in [-0.4, -0.2) is 22.3 Å². The average Bonchev–Trinajstić information content (AvgIpc) is 2.86. The maximum Gasteiger partial charge on any atom is 0.237 e. The number of carbonyl (C=O) groups excluding carboxylic acids is 1. The molecule has 1 aliphatic carbocycles. The van der Waals surface area contributed by atoms with Gasteiger partial charge in [-0.05, 0) is 61.9 Å². The zero-order valence-electron chi connectivity index (χ0n) is 20.5. The average molecular weight is 490 g/mol. The van der Waals surface area contributed by atoms with Gasteiger partial charge in [0, 0.05) is 17.1 Å². The number of para-hydroxylation sites is 1. The van der Waals surface area contributed by atoms with E-state index in [1.807, 2.05) is 28.4 Å². The fourth-order valence-corrected chi connectivity index (χ4v) is 8.08. The third-order valence-electron chi connectivity index (χ3n) is 6.67. The van der Waals surface area contributed by atoms with Gasteiger partial charge in [0.15, 0.2) is 0 Å². The molecule has 1 aliphatic rings. The molecule has 3 aromatic carbocycles. The van der Waals surface area contributed by atoms with E-state index in [1.54, 1.807) is 0 Å². The highest BCUT2D eigenvalue weighted by atomic mass is 32.2. The highest BCUT2D eigenvalue weighted by molar-refractivity contribution is 8.18. The van der Waals surface area contributed by atoms with Gasteiger partial charge >= 0.3 is 0 Å². The van der Waals surface area contributed by atoms with Crippen molar-refractivity contribution in [2.45, 2.75) is 61.8 Å². The van der Waals surface area contributed by atoms with Crippen molar-refractivity contribution in [3.05, 3.63) is 83.9 Å². The molecular formula is C30H35NOS2. The van der Waals surface area contributed by atoms with E-state index >= 15 is 0 Å². The number of benzene rings is 3. The van der Waals surface area contributed by atoms with Crippen LogP contribution < -0.4 is 4.90 Å². The SMILES string of the molecule is CCN(C(=O)CSC1(Sc2ccccc2-c2ccccc2)CCCCC1)c1c(C)cccc1C. The summed E-state index contributed by atoms with van der Waals surface area (Å²) in [4.78, 5) is 16.8. The first kappa shape index (κ1) is 24.9. The van der Waals surface area contributed by atoms with E-state index in [0.29, 0.717) is 12.3 Å². The van der Waals surface area contributed by atoms with Crippen LogP contribution in [0.25, 0.3) is 11.1 Å². The molecule has 0 radical (unpaired) electrons. The number of thioether (sulfide) groups is 2. The zero-order valence-corrected chi connectivity index (χ0v) is 22.2. The van der Waals surface area contributed by atoms with Crippen molar-refractivity contribution in [3.8, 4) is 11.1 Å². The molecule has 34 heavy (non-hydrogen) atoms. The van der Waals surface area contributed by atoms with Crippen LogP contribution in [0.1, 0.15) is 50.2 Å². The van der Waals surface area contributed by atoms with Crippen LogP contribution in [0.3, 0.4) is 0 Å². The summed E-state index contributed by atoms with van der Waals surface area (Å²) in [6, 6.07) is 25.7. The lowest BCUT2D eigenvalue weighted by atomic mass is 10.00. The van der Waals surface area contributed by atoms with E-state index in [-0.39, 0.29) is 9.99 Å². The van der Waals surface area contributed by atoms with Gasteiger partial charge in [-0.2, -0.15) is 0 Å². The lowest BCUT2D eigenvalue weighted by Crippen LogP contribution is -2.35. The first-order chi connectivity index (χ1) is 16.5. The van der Waals surface area contributed by atoms with Crippen molar-refractivity contribution in [3.63, 3.8) is 0 Å². The number of rotatable bonds is 8. The molecule has 178 valence electrons. The third-order valence-corrected chi connectivity index (χ3v) is 9.95. The second kappa shape index (κ2) is 11.5. The summed E-state index contributed by atoms with van der Waals surface area (Å²) in [6.07, 6.45) is 6.05. The van der Waals surface area contributed by atoms with Crippen LogP contribution in [0.2, 0.25) is 0 Å². The Kier molecular flexibility index (Phi) is 8.44. The molecule has 2 nitrogen and oxygen atoms in total. The van der Waals surface area contributed by atoms with Gasteiger partial charge < -0.3 is 4.90 Å². The van der Waals surface area contributed by atoms with Gasteiger partial charge in [0.05, 0.1) is 9.83 Å². The van der Waals surface area contributed by atoms with Gasteiger partial charge in [-0.3, -0.25) is 4.79 Å². The van der Waals surface area contributed by atoms with Crippen molar-refractivity contribution >= 4 is 35.1 Å². The standard InChI is InChI=1S/C30H35NOS2/c1-4-31(29-23(2)14-13-15-24(29)3)28(32)22-33-30(20-11-6-12-21-30)34-27-19-10-9-18-26(27)25-16-7-5-8-17-25/h5,7-10,13-19H,4,6,11-12,20-22H2,1-3H3. The lowest BCUT2D eigenvalue weighted by Gasteiger charge is -2.37. The highest BCUT2D eigenvalue weighted by Crippen LogP contribution is 2.53. The van der Waals surface area contributed by atoms with Gasteiger partial charge in [0.25, 0.3) is 0 Å². The normalized spacial score (nSPS) is 15.1. The van der Waals surface area contributed by atoms with E-state index in [4.69, 9.17) is 0 Å². The van der Waals surface area contributed by atoms with Crippen molar-refractivity contribution in [1.82, 2.24) is 0 Å². The molecule has 1 amide bonds. The van der Waals surface area contributed by atoms with E-state index in [2.05, 4.69) is 93.6 Å². The Balaban J connectivity index is 1.56. The summed E-state index contributed by atoms with van der Waals surface area (Å²) in [6.45, 7) is 6.98. The van der Waals surface area contributed by atoms with Gasteiger partial charge in [-0.15, -0.1) is 23.5 Å². The number of hydrogen-bond donors (Lipinski definition) is 0. The molecule has 3 aromatic rings. The molecule has 0 spiro atoms. The molecule has 1 fully saturated rings. The van der Waals surface area contributed by atoms with Crippen molar-refractivity contribution < 1.29 is 4.79 Å². The molecule has 0 aromatic heterocycles. The monoisotopic (exact) mass is 489 g/mol. The van der Waals surface area contributed by atoms with E-state index < -0.39 is 0 Å². The highest BCUT2D eigenvalue weighted by Gasteiger charge is 2.35. The van der Waals surface area contributed by atoms with Crippen LogP contribution in [-0.2, 0) is 4.79 Å². The zero-order chi connectivity index (χ0) is 24.0. The molecule has 4 rings (SSSR count). The van der Waals surface area contributed by atoms with Gasteiger partial charge in [0.2, 0.25) is 5.91 Å². The first-order valence-electron chi connectivity index (χ1n) is 12.4. The molecule has 0 heterocycles. The molecule has 0 aliphatic heterocycles. The lowest BCUT2D eigenvalue weighted by molar-refractivity contribution is -0.116. The second-order valence-corrected chi connectivity index (χ2v) is 12.1. The minimum absolute atomic E-state index is 0.0407. The number of carbonyl (C=O) groups is 1. The second-order valence-electron chi connectivity index (χ2n) is 9.10. The summed E-state index contributed by atoms with van der Waals surface area (Å²) in [5, 5.41) is 0. The maximum atomic E-state index is 13.5. The Morgan fingerprint density at radius 2 is 1.50 bits per heavy atom. The van der Waals surface area contributed by atoms with E-state index in [1.165, 1.54) is 46.4 Å². The minimum Gasteiger partial charge on any atom is -0.311 e. The Bertz CT molecular complexity index is 1090. The third kappa shape index (κ3) is 5.72. The predicted molar refractivity (Wildman–Crippen MR) is 150 cm³/mol. The number of amides is 1. The minimum atomic E-state index is 0.0407. The number of hydrogen-bond acceptors (Lipinski definition) is 3. The Morgan fingerprint density at radius 3 is 2.18 bits per heavy atom. The largest absolute Gasteiger partial charge is 0.311 e. The summed E-state index contributed by atoms with van der Waals surface area (Å²) in [5.74, 6) is 0.731. The Labute approximate surface area is 213 Å². The topological polar surface area (TPSA) is 20.3 Å². The quantitative estimate of drug-likeness (QED) is 0.296. The van der Waals surface area contributed by atoms with Crippen molar-refractivity contribution in [2.24, 2.45) is 0 Å². The fraction of sp³-hybridized carbons (Fsp3) is 0.367. The molecule has 0 unspecified atom stereocenters.